The minimum Gasteiger partial charge on any atom is -0.366 e. The van der Waals surface area contributed by atoms with Crippen LogP contribution in [0.5, 0.6) is 0 Å². The van der Waals surface area contributed by atoms with Crippen molar-refractivity contribution in [2.75, 3.05) is 18.0 Å². The van der Waals surface area contributed by atoms with Gasteiger partial charge in [-0.1, -0.05) is 17.7 Å². The molecule has 5 rings (SSSR count). The molecule has 4 heterocycles. The molecule has 0 unspecified atom stereocenters. The maximum atomic E-state index is 13.0. The minimum atomic E-state index is -0.338. The fourth-order valence-electron chi connectivity index (χ4n) is 4.61. The molecule has 1 aromatic carbocycles. The second kappa shape index (κ2) is 6.34. The highest BCUT2D eigenvalue weighted by molar-refractivity contribution is 6.32. The van der Waals surface area contributed by atoms with Gasteiger partial charge in [-0.2, -0.15) is 0 Å². The lowest BCUT2D eigenvalue weighted by molar-refractivity contribution is -0.121. The molecule has 1 fully saturated rings. The molecule has 142 valence electrons. The Balaban J connectivity index is 1.43. The predicted octanol–water partition coefficient (Wildman–Crippen LogP) is 2.38. The molecule has 3 aliphatic heterocycles. The van der Waals surface area contributed by atoms with Gasteiger partial charge in [0, 0.05) is 48.4 Å². The molecule has 0 saturated carbocycles. The van der Waals surface area contributed by atoms with E-state index in [1.165, 1.54) is 11.0 Å². The van der Waals surface area contributed by atoms with Crippen molar-refractivity contribution < 1.29 is 9.59 Å². The number of halogens is 1. The van der Waals surface area contributed by atoms with Crippen molar-refractivity contribution in [2.45, 2.75) is 18.9 Å². The summed E-state index contributed by atoms with van der Waals surface area (Å²) in [5.74, 6) is -0.193. The summed E-state index contributed by atoms with van der Waals surface area (Å²) in [7, 11) is 0. The van der Waals surface area contributed by atoms with Crippen molar-refractivity contribution in [3.8, 4) is 0 Å². The lowest BCUT2D eigenvalue weighted by Crippen LogP contribution is -2.48. The molecule has 0 spiro atoms. The maximum Gasteiger partial charge on any atom is 0.281 e. The zero-order valence-corrected chi connectivity index (χ0v) is 15.8. The second-order valence-electron chi connectivity index (χ2n) is 7.59. The molecule has 2 amide bonds. The molecule has 0 radical (unpaired) electrons. The second-order valence-corrected chi connectivity index (χ2v) is 8.02. The molecule has 1 saturated heterocycles. The Morgan fingerprint density at radius 1 is 0.929 bits per heavy atom. The van der Waals surface area contributed by atoms with Gasteiger partial charge >= 0.3 is 0 Å². The van der Waals surface area contributed by atoms with E-state index in [1.807, 2.05) is 15.5 Å². The number of carbonyl (C=O) groups excluding carboxylic acids is 2. The van der Waals surface area contributed by atoms with Gasteiger partial charge in [0.25, 0.3) is 17.4 Å². The third-order valence-electron chi connectivity index (χ3n) is 5.81. The number of nitrogens with zero attached hydrogens (tertiary/aromatic N) is 3. The van der Waals surface area contributed by atoms with Gasteiger partial charge in [-0.05, 0) is 42.7 Å². The third kappa shape index (κ3) is 2.67. The number of piperidine rings is 1. The van der Waals surface area contributed by atoms with E-state index in [-0.39, 0.29) is 29.2 Å². The summed E-state index contributed by atoms with van der Waals surface area (Å²) in [5, 5.41) is 0.550. The van der Waals surface area contributed by atoms with Gasteiger partial charge in [0.2, 0.25) is 0 Å². The van der Waals surface area contributed by atoms with Crippen LogP contribution >= 0.6 is 11.6 Å². The van der Waals surface area contributed by atoms with Crippen LogP contribution in [0.1, 0.15) is 18.0 Å². The Morgan fingerprint density at radius 3 is 2.50 bits per heavy atom. The van der Waals surface area contributed by atoms with Gasteiger partial charge in [0.15, 0.2) is 0 Å². The van der Waals surface area contributed by atoms with Gasteiger partial charge in [0.1, 0.15) is 5.70 Å². The summed E-state index contributed by atoms with van der Waals surface area (Å²) >= 11 is 5.91. The fraction of sp³-hybridized carbons (Fsp3) is 0.286. The Hall–Kier alpha value is -2.86. The summed E-state index contributed by atoms with van der Waals surface area (Å²) in [6.45, 7) is 1.94. The van der Waals surface area contributed by atoms with Crippen molar-refractivity contribution in [3.05, 3.63) is 75.3 Å². The standard InChI is InChI=1S/C21H18ClN3O3/c22-15-4-6-16(7-5-15)25-20(27)9-18(21(25)28)23-10-13-8-14(12-23)17-2-1-3-19(26)24(17)11-13/h1-7,9,13-14H,8,10-12H2/t13-,14+/m0/s1. The lowest BCUT2D eigenvalue weighted by atomic mass is 9.83. The maximum absolute atomic E-state index is 13.0. The van der Waals surface area contributed by atoms with Crippen molar-refractivity contribution in [1.29, 1.82) is 0 Å². The Bertz CT molecular complexity index is 1070. The van der Waals surface area contributed by atoms with E-state index in [2.05, 4.69) is 0 Å². The number of likely N-dealkylation sites (tertiary alicyclic amines) is 1. The lowest BCUT2D eigenvalue weighted by Gasteiger charge is -2.43. The molecule has 3 aliphatic rings. The topological polar surface area (TPSA) is 62.6 Å². The monoisotopic (exact) mass is 395 g/mol. The van der Waals surface area contributed by atoms with Gasteiger partial charge in [-0.3, -0.25) is 14.4 Å². The zero-order chi connectivity index (χ0) is 19.4. The molecule has 0 N–H and O–H groups in total. The van der Waals surface area contributed by atoms with Crippen molar-refractivity contribution in [2.24, 2.45) is 5.92 Å². The van der Waals surface area contributed by atoms with E-state index in [9.17, 15) is 14.4 Å². The number of hydrogen-bond donors (Lipinski definition) is 0. The summed E-state index contributed by atoms with van der Waals surface area (Å²) < 4.78 is 1.85. The molecule has 28 heavy (non-hydrogen) atoms. The Labute approximate surface area is 166 Å². The fourth-order valence-corrected chi connectivity index (χ4v) is 4.74. The summed E-state index contributed by atoms with van der Waals surface area (Å²) in [6, 6.07) is 12.0. The highest BCUT2D eigenvalue weighted by atomic mass is 35.5. The molecule has 0 aliphatic carbocycles. The number of amides is 2. The van der Waals surface area contributed by atoms with Gasteiger partial charge in [-0.15, -0.1) is 0 Å². The first-order valence-corrected chi connectivity index (χ1v) is 9.69. The first kappa shape index (κ1) is 17.3. The number of carbonyl (C=O) groups is 2. The first-order valence-electron chi connectivity index (χ1n) is 9.31. The van der Waals surface area contributed by atoms with E-state index in [4.69, 9.17) is 11.6 Å². The highest BCUT2D eigenvalue weighted by Crippen LogP contribution is 2.37. The van der Waals surface area contributed by atoms with Gasteiger partial charge in [0.05, 0.1) is 5.69 Å². The molecule has 1 aromatic heterocycles. The smallest absolute Gasteiger partial charge is 0.281 e. The van der Waals surface area contributed by atoms with Gasteiger partial charge in [-0.25, -0.2) is 4.90 Å². The van der Waals surface area contributed by atoms with Crippen LogP contribution in [0.2, 0.25) is 5.02 Å². The summed E-state index contributed by atoms with van der Waals surface area (Å²) in [5.41, 5.74) is 1.99. The Kier molecular flexibility index (Phi) is 3.91. The third-order valence-corrected chi connectivity index (χ3v) is 6.06. The normalized spacial score (nSPS) is 23.7. The number of imide groups is 1. The number of aromatic nitrogens is 1. The average Bonchev–Trinajstić information content (AvgIpc) is 2.98. The number of hydrogen-bond acceptors (Lipinski definition) is 4. The first-order chi connectivity index (χ1) is 13.5. The number of benzene rings is 1. The van der Waals surface area contributed by atoms with Crippen LogP contribution in [0.4, 0.5) is 5.69 Å². The molecule has 6 nitrogen and oxygen atoms in total. The quantitative estimate of drug-likeness (QED) is 0.732. The van der Waals surface area contributed by atoms with Crippen LogP contribution in [0.25, 0.3) is 0 Å². The van der Waals surface area contributed by atoms with Crippen LogP contribution in [-0.2, 0) is 16.1 Å². The summed E-state index contributed by atoms with van der Waals surface area (Å²) in [6.07, 6.45) is 2.42. The van der Waals surface area contributed by atoms with Crippen molar-refractivity contribution in [3.63, 3.8) is 0 Å². The van der Waals surface area contributed by atoms with E-state index in [0.717, 1.165) is 12.1 Å². The molecule has 2 aromatic rings. The van der Waals surface area contributed by atoms with E-state index >= 15 is 0 Å². The van der Waals surface area contributed by atoms with Crippen LogP contribution < -0.4 is 10.5 Å². The number of pyridine rings is 1. The largest absolute Gasteiger partial charge is 0.366 e. The average molecular weight is 396 g/mol. The Morgan fingerprint density at radius 2 is 1.71 bits per heavy atom. The van der Waals surface area contributed by atoms with Crippen LogP contribution in [0, 0.1) is 5.92 Å². The van der Waals surface area contributed by atoms with Crippen LogP contribution in [0.15, 0.2) is 59.0 Å². The molecule has 2 atom stereocenters. The van der Waals surface area contributed by atoms with Gasteiger partial charge < -0.3 is 9.47 Å². The number of anilines is 1. The molecular weight excluding hydrogens is 378 g/mol. The highest BCUT2D eigenvalue weighted by Gasteiger charge is 2.41. The number of fused-ring (bicyclic) bond motifs is 4. The van der Waals surface area contributed by atoms with Crippen molar-refractivity contribution >= 4 is 29.1 Å². The van der Waals surface area contributed by atoms with E-state index in [0.29, 0.717) is 36.0 Å². The van der Waals surface area contributed by atoms with Crippen molar-refractivity contribution in [1.82, 2.24) is 9.47 Å². The zero-order valence-electron chi connectivity index (χ0n) is 15.0. The van der Waals surface area contributed by atoms with E-state index in [1.54, 1.807) is 36.4 Å². The molecule has 7 heteroatoms. The van der Waals surface area contributed by atoms with Crippen LogP contribution in [0.3, 0.4) is 0 Å². The molecule has 2 bridgehead atoms. The van der Waals surface area contributed by atoms with Crippen LogP contribution in [-0.4, -0.2) is 34.4 Å². The SMILES string of the molecule is O=C1C=C(N2C[C@@H]3C[C@H](C2)c2cccc(=O)n2C3)C(=O)N1c1ccc(Cl)cc1. The summed E-state index contributed by atoms with van der Waals surface area (Å²) in [4.78, 5) is 40.9. The molecular formula is C21H18ClN3O3. The minimum absolute atomic E-state index is 0.0286. The number of rotatable bonds is 2. The predicted molar refractivity (Wildman–Crippen MR) is 105 cm³/mol. The van der Waals surface area contributed by atoms with E-state index < -0.39 is 0 Å².